The van der Waals surface area contributed by atoms with Crippen molar-refractivity contribution in [2.24, 2.45) is 0 Å². The van der Waals surface area contributed by atoms with Gasteiger partial charge in [0.05, 0.1) is 0 Å². The highest BCUT2D eigenvalue weighted by Crippen LogP contribution is 2.34. The lowest BCUT2D eigenvalue weighted by atomic mass is 9.77. The summed E-state index contributed by atoms with van der Waals surface area (Å²) in [7, 11) is 0. The molecule has 19 heavy (non-hydrogen) atoms. The van der Waals surface area contributed by atoms with Crippen molar-refractivity contribution in [1.82, 2.24) is 5.32 Å². The molecule has 98 valence electrons. The van der Waals surface area contributed by atoms with Gasteiger partial charge in [-0.05, 0) is 23.6 Å². The quantitative estimate of drug-likeness (QED) is 0.887. The van der Waals surface area contributed by atoms with Crippen LogP contribution in [0.2, 0.25) is 0 Å². The monoisotopic (exact) mass is 259 g/mol. The van der Waals surface area contributed by atoms with E-state index in [0.717, 1.165) is 19.0 Å². The topological polar surface area (TPSA) is 12.0 Å². The molecule has 0 spiro atoms. The Morgan fingerprint density at radius 2 is 1.89 bits per heavy atom. The van der Waals surface area contributed by atoms with Gasteiger partial charge in [-0.3, -0.25) is 0 Å². The van der Waals surface area contributed by atoms with Gasteiger partial charge in [-0.25, -0.2) is 8.78 Å². The van der Waals surface area contributed by atoms with E-state index in [4.69, 9.17) is 0 Å². The lowest BCUT2D eigenvalue weighted by Gasteiger charge is -2.30. The predicted molar refractivity (Wildman–Crippen MR) is 71.0 cm³/mol. The first-order valence-electron chi connectivity index (χ1n) is 6.47. The minimum absolute atomic E-state index is 0.363. The van der Waals surface area contributed by atoms with Crippen molar-refractivity contribution in [1.29, 1.82) is 0 Å². The SMILES string of the molecule is Fc1cccc(CNCC2Cc3ccccc32)c1F. The minimum atomic E-state index is -0.784. The number of nitrogens with one attached hydrogen (secondary N) is 1. The third-order valence-corrected chi connectivity index (χ3v) is 3.70. The van der Waals surface area contributed by atoms with Crippen molar-refractivity contribution in [2.45, 2.75) is 18.9 Å². The zero-order valence-electron chi connectivity index (χ0n) is 10.5. The Hall–Kier alpha value is -1.74. The fourth-order valence-corrected chi connectivity index (χ4v) is 2.61. The molecule has 3 rings (SSSR count). The van der Waals surface area contributed by atoms with Gasteiger partial charge in [0.1, 0.15) is 0 Å². The number of fused-ring (bicyclic) bond motifs is 1. The van der Waals surface area contributed by atoms with Crippen molar-refractivity contribution in [3.8, 4) is 0 Å². The Labute approximate surface area is 111 Å². The van der Waals surface area contributed by atoms with Crippen LogP contribution >= 0.6 is 0 Å². The van der Waals surface area contributed by atoms with E-state index in [0.29, 0.717) is 18.0 Å². The molecular formula is C16H15F2N. The minimum Gasteiger partial charge on any atom is -0.312 e. The molecule has 1 nitrogen and oxygen atoms in total. The molecular weight excluding hydrogens is 244 g/mol. The molecule has 3 heteroatoms. The van der Waals surface area contributed by atoms with Gasteiger partial charge in [0.15, 0.2) is 11.6 Å². The molecule has 1 atom stereocenters. The number of halogens is 2. The van der Waals surface area contributed by atoms with Gasteiger partial charge in [-0.15, -0.1) is 0 Å². The van der Waals surface area contributed by atoms with E-state index in [2.05, 4.69) is 17.4 Å². The average Bonchev–Trinajstić information content (AvgIpc) is 2.39. The molecule has 0 saturated heterocycles. The fraction of sp³-hybridized carbons (Fsp3) is 0.250. The van der Waals surface area contributed by atoms with Gasteiger partial charge in [-0.1, -0.05) is 36.4 Å². The summed E-state index contributed by atoms with van der Waals surface area (Å²) < 4.78 is 26.5. The van der Waals surface area contributed by atoms with Crippen molar-refractivity contribution in [3.63, 3.8) is 0 Å². The predicted octanol–water partition coefficient (Wildman–Crippen LogP) is 3.39. The lowest BCUT2D eigenvalue weighted by molar-refractivity contribution is 0.484. The molecule has 0 aliphatic heterocycles. The molecule has 0 radical (unpaired) electrons. The molecule has 0 heterocycles. The third-order valence-electron chi connectivity index (χ3n) is 3.70. The van der Waals surface area contributed by atoms with E-state index >= 15 is 0 Å². The van der Waals surface area contributed by atoms with Crippen molar-refractivity contribution in [3.05, 3.63) is 70.8 Å². The molecule has 1 aliphatic rings. The van der Waals surface area contributed by atoms with Gasteiger partial charge < -0.3 is 5.32 Å². The summed E-state index contributed by atoms with van der Waals surface area (Å²) in [5.74, 6) is -1.04. The summed E-state index contributed by atoms with van der Waals surface area (Å²) in [6, 6.07) is 12.6. The van der Waals surface area contributed by atoms with Crippen LogP contribution in [0.25, 0.3) is 0 Å². The summed E-state index contributed by atoms with van der Waals surface area (Å²) in [6.07, 6.45) is 1.06. The summed E-state index contributed by atoms with van der Waals surface area (Å²) in [4.78, 5) is 0. The van der Waals surface area contributed by atoms with Crippen LogP contribution in [0, 0.1) is 11.6 Å². The highest BCUT2D eigenvalue weighted by Gasteiger charge is 2.24. The Bertz CT molecular complexity index is 595. The van der Waals surface area contributed by atoms with Gasteiger partial charge >= 0.3 is 0 Å². The zero-order valence-corrected chi connectivity index (χ0v) is 10.5. The second-order valence-corrected chi connectivity index (χ2v) is 4.94. The highest BCUT2D eigenvalue weighted by molar-refractivity contribution is 5.40. The van der Waals surface area contributed by atoms with E-state index in [-0.39, 0.29) is 0 Å². The van der Waals surface area contributed by atoms with E-state index in [1.165, 1.54) is 17.2 Å². The number of hydrogen-bond donors (Lipinski definition) is 1. The summed E-state index contributed by atoms with van der Waals surface area (Å²) in [5, 5.41) is 3.21. The van der Waals surface area contributed by atoms with Crippen LogP contribution in [0.5, 0.6) is 0 Å². The Balaban J connectivity index is 1.56. The van der Waals surface area contributed by atoms with Crippen LogP contribution in [-0.4, -0.2) is 6.54 Å². The van der Waals surface area contributed by atoms with Crippen molar-refractivity contribution < 1.29 is 8.78 Å². The van der Waals surface area contributed by atoms with E-state index in [1.807, 2.05) is 12.1 Å². The molecule has 0 amide bonds. The molecule has 0 fully saturated rings. The normalized spacial score (nSPS) is 16.8. The maximum absolute atomic E-state index is 13.4. The van der Waals surface area contributed by atoms with Gasteiger partial charge in [0, 0.05) is 24.6 Å². The molecule has 2 aromatic rings. The maximum atomic E-state index is 13.4. The van der Waals surface area contributed by atoms with E-state index in [9.17, 15) is 8.78 Å². The summed E-state index contributed by atoms with van der Waals surface area (Å²) in [6.45, 7) is 1.16. The van der Waals surface area contributed by atoms with Crippen LogP contribution in [-0.2, 0) is 13.0 Å². The molecule has 1 unspecified atom stereocenters. The van der Waals surface area contributed by atoms with Crippen molar-refractivity contribution in [2.75, 3.05) is 6.54 Å². The molecule has 0 aromatic heterocycles. The third kappa shape index (κ3) is 2.38. The van der Waals surface area contributed by atoms with E-state index in [1.54, 1.807) is 6.07 Å². The van der Waals surface area contributed by atoms with Crippen LogP contribution in [0.1, 0.15) is 22.6 Å². The second-order valence-electron chi connectivity index (χ2n) is 4.94. The van der Waals surface area contributed by atoms with Gasteiger partial charge in [0.2, 0.25) is 0 Å². The number of hydrogen-bond acceptors (Lipinski definition) is 1. The lowest BCUT2D eigenvalue weighted by Crippen LogP contribution is -2.29. The molecule has 0 bridgehead atoms. The molecule has 1 aliphatic carbocycles. The maximum Gasteiger partial charge on any atom is 0.163 e. The Kier molecular flexibility index (Phi) is 3.30. The van der Waals surface area contributed by atoms with Crippen LogP contribution in [0.15, 0.2) is 42.5 Å². The largest absolute Gasteiger partial charge is 0.312 e. The van der Waals surface area contributed by atoms with Gasteiger partial charge in [0.25, 0.3) is 0 Å². The molecule has 1 N–H and O–H groups in total. The Morgan fingerprint density at radius 1 is 1.05 bits per heavy atom. The first-order chi connectivity index (χ1) is 9.25. The molecule has 0 saturated carbocycles. The number of rotatable bonds is 4. The molecule has 2 aromatic carbocycles. The van der Waals surface area contributed by atoms with Crippen LogP contribution in [0.4, 0.5) is 8.78 Å². The smallest absolute Gasteiger partial charge is 0.163 e. The highest BCUT2D eigenvalue weighted by atomic mass is 19.2. The van der Waals surface area contributed by atoms with E-state index < -0.39 is 11.6 Å². The van der Waals surface area contributed by atoms with Crippen molar-refractivity contribution >= 4 is 0 Å². The summed E-state index contributed by atoms with van der Waals surface area (Å²) in [5.41, 5.74) is 3.15. The van der Waals surface area contributed by atoms with Gasteiger partial charge in [-0.2, -0.15) is 0 Å². The fourth-order valence-electron chi connectivity index (χ4n) is 2.61. The Morgan fingerprint density at radius 3 is 2.74 bits per heavy atom. The average molecular weight is 259 g/mol. The standard InChI is InChI=1S/C16H15F2N/c17-15-7-3-5-12(16(15)18)9-19-10-13-8-11-4-1-2-6-14(11)13/h1-7,13,19H,8-10H2. The van der Waals surface area contributed by atoms with Crippen LogP contribution in [0.3, 0.4) is 0 Å². The summed E-state index contributed by atoms with van der Waals surface area (Å²) >= 11 is 0. The van der Waals surface area contributed by atoms with Crippen LogP contribution < -0.4 is 5.32 Å². The first kappa shape index (κ1) is 12.3. The zero-order chi connectivity index (χ0) is 13.2. The second kappa shape index (κ2) is 5.10. The number of benzene rings is 2. The first-order valence-corrected chi connectivity index (χ1v) is 6.47.